The van der Waals surface area contributed by atoms with E-state index in [0.717, 1.165) is 29.9 Å². The molecule has 5 rings (SSSR count). The van der Waals surface area contributed by atoms with Crippen LogP contribution in [-0.2, 0) is 16.7 Å². The van der Waals surface area contributed by atoms with Gasteiger partial charge in [-0.3, -0.25) is 0 Å². The molecule has 22 heavy (non-hydrogen) atoms. The van der Waals surface area contributed by atoms with E-state index in [2.05, 4.69) is 18.2 Å². The van der Waals surface area contributed by atoms with E-state index in [1.807, 2.05) is 6.07 Å². The van der Waals surface area contributed by atoms with Crippen LogP contribution in [0.25, 0.3) is 0 Å². The van der Waals surface area contributed by atoms with Gasteiger partial charge in [0, 0.05) is 25.5 Å². The highest BCUT2D eigenvalue weighted by atomic mass is 16.7. The fraction of sp³-hybridized carbons (Fsp3) is 0.529. The standard InChI is InChI=1S/C17H19NO4/c1-20-12-2-3-17-4-5-18(19,16(17)7-12)9-11-6-14-15(8-13(11)17)22-10-21-14/h2-3,6,8,12,16H,4-5,7,9-10H2,1H3/t12-,16+,17+,18+/m0/s1. The highest BCUT2D eigenvalue weighted by Gasteiger charge is 2.59. The summed E-state index contributed by atoms with van der Waals surface area (Å²) in [5.74, 6) is 1.59. The average Bonchev–Trinajstić information content (AvgIpc) is 3.06. The predicted octanol–water partition coefficient (Wildman–Crippen LogP) is 2.23. The summed E-state index contributed by atoms with van der Waals surface area (Å²) in [5.41, 5.74) is 2.22. The van der Waals surface area contributed by atoms with Gasteiger partial charge in [-0.2, -0.15) is 0 Å². The second-order valence-corrected chi connectivity index (χ2v) is 6.87. The minimum absolute atomic E-state index is 0.0512. The number of ether oxygens (including phenoxy) is 3. The second kappa shape index (κ2) is 4.04. The van der Waals surface area contributed by atoms with Crippen molar-refractivity contribution in [2.75, 3.05) is 20.4 Å². The number of hydrogen-bond acceptors (Lipinski definition) is 4. The Kier molecular flexibility index (Phi) is 2.38. The van der Waals surface area contributed by atoms with Gasteiger partial charge in [0.05, 0.1) is 18.1 Å². The number of methoxy groups -OCH3 is 1. The van der Waals surface area contributed by atoms with Crippen molar-refractivity contribution >= 4 is 0 Å². The fourth-order valence-corrected chi connectivity index (χ4v) is 4.90. The third-order valence-electron chi connectivity index (χ3n) is 5.97. The normalized spacial score (nSPS) is 40.5. The van der Waals surface area contributed by atoms with Gasteiger partial charge in [-0.05, 0) is 17.7 Å². The Morgan fingerprint density at radius 2 is 2.14 bits per heavy atom. The molecule has 0 amide bonds. The van der Waals surface area contributed by atoms with Crippen LogP contribution in [0, 0.1) is 5.21 Å². The number of hydrogen-bond donors (Lipinski definition) is 0. The van der Waals surface area contributed by atoms with E-state index in [-0.39, 0.29) is 29.0 Å². The molecular weight excluding hydrogens is 282 g/mol. The Hall–Kier alpha value is -1.56. The fourth-order valence-electron chi connectivity index (χ4n) is 4.90. The molecule has 1 fully saturated rings. The van der Waals surface area contributed by atoms with Crippen molar-refractivity contribution in [3.05, 3.63) is 40.6 Å². The van der Waals surface area contributed by atoms with E-state index in [1.54, 1.807) is 7.11 Å². The van der Waals surface area contributed by atoms with Crippen LogP contribution in [0.15, 0.2) is 24.3 Å². The largest absolute Gasteiger partial charge is 0.632 e. The molecule has 2 bridgehead atoms. The van der Waals surface area contributed by atoms with Crippen LogP contribution in [0.2, 0.25) is 0 Å². The molecule has 0 radical (unpaired) electrons. The Morgan fingerprint density at radius 1 is 1.32 bits per heavy atom. The third kappa shape index (κ3) is 1.44. The molecule has 5 heteroatoms. The zero-order valence-electron chi connectivity index (χ0n) is 12.6. The second-order valence-electron chi connectivity index (χ2n) is 6.87. The van der Waals surface area contributed by atoms with Crippen molar-refractivity contribution in [2.45, 2.75) is 36.9 Å². The molecule has 4 aliphatic rings. The van der Waals surface area contributed by atoms with E-state index in [4.69, 9.17) is 14.2 Å². The number of fused-ring (bicyclic) bond motifs is 2. The quantitative estimate of drug-likeness (QED) is 0.453. The average molecular weight is 301 g/mol. The molecule has 1 aliphatic carbocycles. The minimum atomic E-state index is -0.161. The van der Waals surface area contributed by atoms with E-state index >= 15 is 0 Å². The zero-order valence-corrected chi connectivity index (χ0v) is 12.6. The van der Waals surface area contributed by atoms with Crippen LogP contribution in [0.3, 0.4) is 0 Å². The lowest BCUT2D eigenvalue weighted by molar-refractivity contribution is -0.910. The summed E-state index contributed by atoms with van der Waals surface area (Å²) in [4.78, 5) is 0. The molecule has 0 aromatic heterocycles. The highest BCUT2D eigenvalue weighted by Crippen LogP contribution is 2.56. The molecule has 1 aromatic rings. The molecule has 0 saturated carbocycles. The van der Waals surface area contributed by atoms with Crippen LogP contribution in [0.4, 0.5) is 0 Å². The van der Waals surface area contributed by atoms with Crippen LogP contribution < -0.4 is 9.47 Å². The number of quaternary nitrogens is 1. The highest BCUT2D eigenvalue weighted by molar-refractivity contribution is 5.54. The van der Waals surface area contributed by atoms with Crippen LogP contribution in [0.5, 0.6) is 11.5 Å². The molecular formula is C17H19NO4. The van der Waals surface area contributed by atoms with Gasteiger partial charge < -0.3 is 24.1 Å². The van der Waals surface area contributed by atoms with Crippen molar-refractivity contribution in [1.82, 2.24) is 0 Å². The van der Waals surface area contributed by atoms with Gasteiger partial charge in [0.25, 0.3) is 0 Å². The lowest BCUT2D eigenvalue weighted by Gasteiger charge is -2.53. The first-order valence-electron chi connectivity index (χ1n) is 7.88. The summed E-state index contributed by atoms with van der Waals surface area (Å²) in [5, 5.41) is 13.4. The summed E-state index contributed by atoms with van der Waals surface area (Å²) in [6, 6.07) is 4.18. The summed E-state index contributed by atoms with van der Waals surface area (Å²) < 4.78 is 16.4. The van der Waals surface area contributed by atoms with Gasteiger partial charge in [-0.1, -0.05) is 12.2 Å². The van der Waals surface area contributed by atoms with Gasteiger partial charge in [0.2, 0.25) is 6.79 Å². The van der Waals surface area contributed by atoms with Gasteiger partial charge in [0.15, 0.2) is 11.5 Å². The van der Waals surface area contributed by atoms with Gasteiger partial charge >= 0.3 is 0 Å². The first-order valence-corrected chi connectivity index (χ1v) is 7.88. The lowest BCUT2D eigenvalue weighted by atomic mass is 9.66. The summed E-state index contributed by atoms with van der Waals surface area (Å²) in [7, 11) is 1.72. The van der Waals surface area contributed by atoms with Crippen LogP contribution >= 0.6 is 0 Å². The van der Waals surface area contributed by atoms with E-state index < -0.39 is 0 Å². The van der Waals surface area contributed by atoms with Gasteiger partial charge in [-0.25, -0.2) is 0 Å². The maximum absolute atomic E-state index is 13.4. The number of benzene rings is 1. The molecule has 116 valence electrons. The molecule has 0 spiro atoms. The maximum atomic E-state index is 13.4. The van der Waals surface area contributed by atoms with Gasteiger partial charge in [0.1, 0.15) is 12.6 Å². The zero-order chi connectivity index (χ0) is 14.9. The molecule has 0 N–H and O–H groups in total. The third-order valence-corrected chi connectivity index (χ3v) is 5.97. The molecule has 4 atom stereocenters. The molecule has 3 heterocycles. The molecule has 1 aromatic carbocycles. The summed E-state index contributed by atoms with van der Waals surface area (Å²) in [6.07, 6.45) is 6.11. The van der Waals surface area contributed by atoms with Crippen molar-refractivity contribution in [1.29, 1.82) is 0 Å². The SMILES string of the molecule is CO[C@H]1C=C[C@@]23CC[N@@+]([O-])(Cc4cc5c(cc42)OCO5)[C@@H]3C1. The predicted molar refractivity (Wildman–Crippen MR) is 79.4 cm³/mol. The minimum Gasteiger partial charge on any atom is -0.632 e. The monoisotopic (exact) mass is 301 g/mol. The van der Waals surface area contributed by atoms with Crippen molar-refractivity contribution in [2.24, 2.45) is 0 Å². The van der Waals surface area contributed by atoms with Gasteiger partial charge in [-0.15, -0.1) is 0 Å². The van der Waals surface area contributed by atoms with E-state index in [0.29, 0.717) is 13.1 Å². The van der Waals surface area contributed by atoms with E-state index in [1.165, 1.54) is 5.56 Å². The summed E-state index contributed by atoms with van der Waals surface area (Å²) in [6.45, 7) is 1.47. The Morgan fingerprint density at radius 3 is 2.95 bits per heavy atom. The first-order chi connectivity index (χ1) is 10.6. The Balaban J connectivity index is 1.72. The molecule has 3 aliphatic heterocycles. The first kappa shape index (κ1) is 12.9. The maximum Gasteiger partial charge on any atom is 0.231 e. The topological polar surface area (TPSA) is 50.8 Å². The Labute approximate surface area is 129 Å². The Bertz CT molecular complexity index is 687. The number of rotatable bonds is 1. The van der Waals surface area contributed by atoms with Crippen molar-refractivity contribution in [3.8, 4) is 11.5 Å². The molecule has 5 nitrogen and oxygen atoms in total. The lowest BCUT2D eigenvalue weighted by Crippen LogP contribution is -2.57. The van der Waals surface area contributed by atoms with E-state index in [9.17, 15) is 5.21 Å². The number of nitrogens with zero attached hydrogens (tertiary/aromatic N) is 1. The van der Waals surface area contributed by atoms with Crippen molar-refractivity contribution in [3.63, 3.8) is 0 Å². The molecule has 0 unspecified atom stereocenters. The number of hydroxylamine groups is 3. The van der Waals surface area contributed by atoms with Crippen molar-refractivity contribution < 1.29 is 18.9 Å². The smallest absolute Gasteiger partial charge is 0.231 e. The van der Waals surface area contributed by atoms with Crippen LogP contribution in [-0.4, -0.2) is 37.2 Å². The molecule has 1 saturated heterocycles. The summed E-state index contributed by atoms with van der Waals surface area (Å²) >= 11 is 0. The van der Waals surface area contributed by atoms with Crippen LogP contribution in [0.1, 0.15) is 24.0 Å².